The molecule has 0 saturated heterocycles. The fraction of sp³-hybridized carbons (Fsp3) is 0.611. The normalized spacial score (nSPS) is 20.7. The summed E-state index contributed by atoms with van der Waals surface area (Å²) in [6.45, 7) is 4.75. The maximum atomic E-state index is 11.9. The van der Waals surface area contributed by atoms with E-state index < -0.39 is 0 Å². The molecule has 0 aliphatic heterocycles. The van der Waals surface area contributed by atoms with E-state index in [1.165, 1.54) is 5.56 Å². The van der Waals surface area contributed by atoms with Crippen LogP contribution in [0.1, 0.15) is 57.4 Å². The Morgan fingerprint density at radius 2 is 1.83 bits per heavy atom. The van der Waals surface area contributed by atoms with Crippen LogP contribution in [0.4, 0.5) is 0 Å². The Bertz CT molecular complexity index is 468. The lowest BCUT2D eigenvalue weighted by Crippen LogP contribution is -2.40. The van der Waals surface area contributed by atoms with Gasteiger partial charge in [-0.05, 0) is 49.3 Å². The number of carbonyl (C=O) groups is 1. The van der Waals surface area contributed by atoms with Crippen LogP contribution in [0.3, 0.4) is 0 Å². The molecule has 1 aliphatic rings. The molecule has 0 radical (unpaired) electrons. The van der Waals surface area contributed by atoms with Crippen LogP contribution in [0, 0.1) is 0 Å². The molecule has 1 aliphatic carbocycles. The number of halogens is 1. The third-order valence-corrected chi connectivity index (χ3v) is 4.28. The van der Waals surface area contributed by atoms with Gasteiger partial charge in [-0.15, -0.1) is 12.4 Å². The van der Waals surface area contributed by atoms with Crippen LogP contribution in [-0.4, -0.2) is 24.6 Å². The minimum Gasteiger partial charge on any atom is -0.493 e. The van der Waals surface area contributed by atoms with Crippen molar-refractivity contribution in [3.05, 3.63) is 29.8 Å². The van der Waals surface area contributed by atoms with Crippen molar-refractivity contribution < 1.29 is 9.53 Å². The third kappa shape index (κ3) is 6.80. The van der Waals surface area contributed by atoms with E-state index in [0.717, 1.165) is 31.4 Å². The molecule has 1 amide bonds. The molecule has 0 heterocycles. The predicted octanol–water partition coefficient (Wildman–Crippen LogP) is 3.39. The average molecular weight is 341 g/mol. The van der Waals surface area contributed by atoms with Gasteiger partial charge >= 0.3 is 0 Å². The van der Waals surface area contributed by atoms with Gasteiger partial charge in [-0.3, -0.25) is 4.79 Å². The highest BCUT2D eigenvalue weighted by Gasteiger charge is 2.19. The molecular weight excluding hydrogens is 312 g/mol. The first-order valence-electron chi connectivity index (χ1n) is 8.32. The number of carbonyl (C=O) groups excluding carboxylic acids is 1. The summed E-state index contributed by atoms with van der Waals surface area (Å²) >= 11 is 0. The molecule has 0 unspecified atom stereocenters. The average Bonchev–Trinajstić information content (AvgIpc) is 2.50. The Morgan fingerprint density at radius 3 is 2.39 bits per heavy atom. The Morgan fingerprint density at radius 1 is 1.22 bits per heavy atom. The molecule has 2 rings (SSSR count). The van der Waals surface area contributed by atoms with Crippen molar-refractivity contribution in [1.29, 1.82) is 0 Å². The van der Waals surface area contributed by atoms with E-state index in [1.807, 2.05) is 12.1 Å². The van der Waals surface area contributed by atoms with Crippen molar-refractivity contribution in [1.82, 2.24) is 5.32 Å². The number of hydrogen-bond acceptors (Lipinski definition) is 3. The Kier molecular flexibility index (Phi) is 8.42. The lowest BCUT2D eigenvalue weighted by atomic mass is 9.92. The third-order valence-electron chi connectivity index (χ3n) is 4.28. The standard InChI is InChI=1S/C18H28N2O2.ClH/c1-13(2)14-3-9-17(10-4-14)22-12-11-18(21)20-16-7-5-15(19)6-8-16;/h3-4,9-10,13,15-16H,5-8,11-12,19H2,1-2H3,(H,20,21);1H. The summed E-state index contributed by atoms with van der Waals surface area (Å²) in [5.74, 6) is 1.41. The van der Waals surface area contributed by atoms with Gasteiger partial charge in [0.05, 0.1) is 13.0 Å². The predicted molar refractivity (Wildman–Crippen MR) is 96.3 cm³/mol. The van der Waals surface area contributed by atoms with Gasteiger partial charge < -0.3 is 15.8 Å². The summed E-state index contributed by atoms with van der Waals surface area (Å²) < 4.78 is 5.64. The van der Waals surface area contributed by atoms with E-state index >= 15 is 0 Å². The van der Waals surface area contributed by atoms with Crippen molar-refractivity contribution in [3.8, 4) is 5.75 Å². The summed E-state index contributed by atoms with van der Waals surface area (Å²) in [7, 11) is 0. The van der Waals surface area contributed by atoms with Gasteiger partial charge in [0.2, 0.25) is 5.91 Å². The quantitative estimate of drug-likeness (QED) is 0.834. The molecule has 0 bridgehead atoms. The number of ether oxygens (including phenoxy) is 1. The van der Waals surface area contributed by atoms with Crippen LogP contribution in [0.5, 0.6) is 5.75 Å². The van der Waals surface area contributed by atoms with Crippen molar-refractivity contribution in [2.24, 2.45) is 5.73 Å². The zero-order chi connectivity index (χ0) is 15.9. The Labute approximate surface area is 145 Å². The molecule has 0 spiro atoms. The van der Waals surface area contributed by atoms with Crippen LogP contribution in [0.25, 0.3) is 0 Å². The zero-order valence-corrected chi connectivity index (χ0v) is 14.9. The largest absolute Gasteiger partial charge is 0.493 e. The number of benzene rings is 1. The highest BCUT2D eigenvalue weighted by molar-refractivity contribution is 5.85. The summed E-state index contributed by atoms with van der Waals surface area (Å²) in [6, 6.07) is 8.69. The van der Waals surface area contributed by atoms with E-state index in [2.05, 4.69) is 31.3 Å². The molecular formula is C18H29ClN2O2. The highest BCUT2D eigenvalue weighted by atomic mass is 35.5. The van der Waals surface area contributed by atoms with Gasteiger partial charge in [0.1, 0.15) is 5.75 Å². The van der Waals surface area contributed by atoms with Gasteiger partial charge in [0.15, 0.2) is 0 Å². The van der Waals surface area contributed by atoms with E-state index in [9.17, 15) is 4.79 Å². The molecule has 5 heteroatoms. The molecule has 1 aromatic rings. The topological polar surface area (TPSA) is 64.3 Å². The number of hydrogen-bond donors (Lipinski definition) is 2. The monoisotopic (exact) mass is 340 g/mol. The van der Waals surface area contributed by atoms with E-state index in [0.29, 0.717) is 25.0 Å². The number of amides is 1. The fourth-order valence-electron chi connectivity index (χ4n) is 2.77. The Hall–Kier alpha value is -1.26. The second kappa shape index (κ2) is 9.78. The lowest BCUT2D eigenvalue weighted by molar-refractivity contribution is -0.122. The van der Waals surface area contributed by atoms with E-state index in [-0.39, 0.29) is 24.4 Å². The van der Waals surface area contributed by atoms with Gasteiger partial charge in [0.25, 0.3) is 0 Å². The molecule has 23 heavy (non-hydrogen) atoms. The van der Waals surface area contributed by atoms with Gasteiger partial charge in [0, 0.05) is 12.1 Å². The molecule has 1 saturated carbocycles. The van der Waals surface area contributed by atoms with E-state index in [1.54, 1.807) is 0 Å². The smallest absolute Gasteiger partial charge is 0.223 e. The van der Waals surface area contributed by atoms with Crippen molar-refractivity contribution in [2.45, 2.75) is 64.0 Å². The van der Waals surface area contributed by atoms with Crippen molar-refractivity contribution in [3.63, 3.8) is 0 Å². The van der Waals surface area contributed by atoms with Gasteiger partial charge in [-0.1, -0.05) is 26.0 Å². The van der Waals surface area contributed by atoms with Crippen molar-refractivity contribution in [2.75, 3.05) is 6.61 Å². The van der Waals surface area contributed by atoms with Crippen LogP contribution < -0.4 is 15.8 Å². The molecule has 0 aromatic heterocycles. The molecule has 3 N–H and O–H groups in total. The molecule has 1 aromatic carbocycles. The summed E-state index contributed by atoms with van der Waals surface area (Å²) in [5.41, 5.74) is 7.16. The first kappa shape index (κ1) is 19.8. The SMILES string of the molecule is CC(C)c1ccc(OCCC(=O)NC2CCC(N)CC2)cc1.Cl. The molecule has 130 valence electrons. The first-order chi connectivity index (χ1) is 10.5. The van der Waals surface area contributed by atoms with Crippen molar-refractivity contribution >= 4 is 18.3 Å². The number of nitrogens with two attached hydrogens (primary N) is 1. The summed E-state index contributed by atoms with van der Waals surface area (Å²) in [5, 5.41) is 3.08. The van der Waals surface area contributed by atoms with Crippen LogP contribution in [0.2, 0.25) is 0 Å². The Balaban J connectivity index is 0.00000264. The molecule has 4 nitrogen and oxygen atoms in total. The molecule has 1 fully saturated rings. The van der Waals surface area contributed by atoms with Gasteiger partial charge in [-0.25, -0.2) is 0 Å². The maximum absolute atomic E-state index is 11.9. The number of nitrogens with one attached hydrogen (secondary N) is 1. The first-order valence-corrected chi connectivity index (χ1v) is 8.32. The summed E-state index contributed by atoms with van der Waals surface area (Å²) in [4.78, 5) is 11.9. The molecule has 0 atom stereocenters. The minimum atomic E-state index is 0. The van der Waals surface area contributed by atoms with E-state index in [4.69, 9.17) is 10.5 Å². The zero-order valence-electron chi connectivity index (χ0n) is 14.1. The minimum absolute atomic E-state index is 0. The second-order valence-electron chi connectivity index (χ2n) is 6.50. The highest BCUT2D eigenvalue weighted by Crippen LogP contribution is 2.19. The number of rotatable bonds is 6. The second-order valence-corrected chi connectivity index (χ2v) is 6.50. The van der Waals surface area contributed by atoms with Gasteiger partial charge in [-0.2, -0.15) is 0 Å². The van der Waals surface area contributed by atoms with Crippen LogP contribution in [-0.2, 0) is 4.79 Å². The fourth-order valence-corrected chi connectivity index (χ4v) is 2.77. The summed E-state index contributed by atoms with van der Waals surface area (Å²) in [6.07, 6.45) is 4.39. The van der Waals surface area contributed by atoms with Crippen LogP contribution in [0.15, 0.2) is 24.3 Å². The maximum Gasteiger partial charge on any atom is 0.223 e. The lowest BCUT2D eigenvalue weighted by Gasteiger charge is -2.26. The van der Waals surface area contributed by atoms with Crippen LogP contribution >= 0.6 is 12.4 Å².